The maximum atomic E-state index is 13.5. The molecule has 1 unspecified atom stereocenters. The minimum atomic E-state index is -1.52. The fourth-order valence-corrected chi connectivity index (χ4v) is 4.72. The first-order valence-corrected chi connectivity index (χ1v) is 10.0. The van der Waals surface area contributed by atoms with E-state index in [1.807, 2.05) is 55.8 Å². The normalized spacial score (nSPS) is 12.5. The third-order valence-electron chi connectivity index (χ3n) is 4.87. The Kier molecular flexibility index (Phi) is 4.56. The van der Waals surface area contributed by atoms with E-state index in [4.69, 9.17) is 0 Å². The van der Waals surface area contributed by atoms with Crippen molar-refractivity contribution in [3.8, 4) is 5.82 Å². The second-order valence-electron chi connectivity index (χ2n) is 6.87. The molecule has 0 bridgehead atoms. The Bertz CT molecular complexity index is 1260. The molecule has 1 aromatic carbocycles. The van der Waals surface area contributed by atoms with E-state index in [1.165, 1.54) is 6.07 Å². The maximum absolute atomic E-state index is 13.5. The van der Waals surface area contributed by atoms with E-state index in [1.54, 1.807) is 24.1 Å². The highest BCUT2D eigenvalue weighted by molar-refractivity contribution is 7.91. The zero-order chi connectivity index (χ0) is 20.0. The van der Waals surface area contributed by atoms with Gasteiger partial charge in [-0.2, -0.15) is 0 Å². The van der Waals surface area contributed by atoms with Gasteiger partial charge in [0.2, 0.25) is 0 Å². The van der Waals surface area contributed by atoms with E-state index in [0.29, 0.717) is 15.6 Å². The number of imidazole rings is 1. The standard InChI is InChI=1S/C21H20N4O2S/c1-13-6-5-7-16-21(13)17(9-20(26)24(16)4)28(27)18-10-22-19(8-14(18)2)25-11-15(3)23-12-25/h5-12H,1-4H3. The number of rotatable bonds is 3. The molecule has 3 aromatic heterocycles. The highest BCUT2D eigenvalue weighted by Crippen LogP contribution is 2.30. The molecule has 142 valence electrons. The molecule has 0 amide bonds. The van der Waals surface area contributed by atoms with Crippen LogP contribution >= 0.6 is 0 Å². The first-order chi connectivity index (χ1) is 13.4. The van der Waals surface area contributed by atoms with Gasteiger partial charge in [0.15, 0.2) is 9.79 Å². The van der Waals surface area contributed by atoms with Crippen LogP contribution in [0.1, 0.15) is 16.8 Å². The average molecular weight is 392 g/mol. The Morgan fingerprint density at radius 2 is 1.82 bits per heavy atom. The lowest BCUT2D eigenvalue weighted by atomic mass is 10.1. The molecule has 0 radical (unpaired) electrons. The highest BCUT2D eigenvalue weighted by atomic mass is 32.2. The molecule has 0 aliphatic rings. The van der Waals surface area contributed by atoms with Crippen molar-refractivity contribution < 1.29 is 4.55 Å². The first-order valence-electron chi connectivity index (χ1n) is 8.85. The summed E-state index contributed by atoms with van der Waals surface area (Å²) in [6.07, 6.45) is 5.21. The number of hydrogen-bond donors (Lipinski definition) is 0. The monoisotopic (exact) mass is 392 g/mol. The molecular weight excluding hydrogens is 372 g/mol. The number of benzene rings is 1. The van der Waals surface area contributed by atoms with E-state index in [-0.39, 0.29) is 5.56 Å². The fourth-order valence-electron chi connectivity index (χ4n) is 3.33. The van der Waals surface area contributed by atoms with Gasteiger partial charge in [0.25, 0.3) is 5.56 Å². The molecule has 4 rings (SSSR count). The van der Waals surface area contributed by atoms with E-state index in [0.717, 1.165) is 27.7 Å². The minimum Gasteiger partial charge on any atom is -0.606 e. The number of fused-ring (bicyclic) bond motifs is 1. The Morgan fingerprint density at radius 1 is 1.04 bits per heavy atom. The van der Waals surface area contributed by atoms with Gasteiger partial charge in [-0.1, -0.05) is 12.1 Å². The molecular formula is C21H20N4O2S. The van der Waals surface area contributed by atoms with Crippen molar-refractivity contribution in [2.75, 3.05) is 0 Å². The summed E-state index contributed by atoms with van der Waals surface area (Å²) >= 11 is -1.52. The lowest BCUT2D eigenvalue weighted by molar-refractivity contribution is 0.594. The summed E-state index contributed by atoms with van der Waals surface area (Å²) < 4.78 is 16.9. The van der Waals surface area contributed by atoms with Crippen molar-refractivity contribution in [1.29, 1.82) is 0 Å². The van der Waals surface area contributed by atoms with E-state index in [2.05, 4.69) is 9.97 Å². The van der Waals surface area contributed by atoms with Gasteiger partial charge < -0.3 is 9.12 Å². The predicted octanol–water partition coefficient (Wildman–Crippen LogP) is 3.21. The smallest absolute Gasteiger partial charge is 0.255 e. The molecule has 0 saturated carbocycles. The Balaban J connectivity index is 1.85. The molecule has 1 atom stereocenters. The van der Waals surface area contributed by atoms with Gasteiger partial charge >= 0.3 is 0 Å². The van der Waals surface area contributed by atoms with Crippen molar-refractivity contribution in [3.63, 3.8) is 0 Å². The lowest BCUT2D eigenvalue weighted by Gasteiger charge is -2.16. The van der Waals surface area contributed by atoms with Crippen molar-refractivity contribution >= 4 is 22.1 Å². The SMILES string of the molecule is Cc1cn(-c2cc(C)c([S+]([O-])c3cc(=O)n(C)c4cccc(C)c34)cn2)cn1. The third-order valence-corrected chi connectivity index (χ3v) is 6.42. The van der Waals surface area contributed by atoms with Crippen LogP contribution in [0.5, 0.6) is 0 Å². The van der Waals surface area contributed by atoms with Gasteiger partial charge in [-0.05, 0) is 38.5 Å². The number of nitrogens with zero attached hydrogens (tertiary/aromatic N) is 4. The molecule has 28 heavy (non-hydrogen) atoms. The first kappa shape index (κ1) is 18.5. The lowest BCUT2D eigenvalue weighted by Crippen LogP contribution is -2.19. The minimum absolute atomic E-state index is 0.183. The van der Waals surface area contributed by atoms with E-state index < -0.39 is 11.2 Å². The summed E-state index contributed by atoms with van der Waals surface area (Å²) in [5.41, 5.74) is 3.31. The Labute approximate surface area is 165 Å². The van der Waals surface area contributed by atoms with Crippen LogP contribution in [0.3, 0.4) is 0 Å². The zero-order valence-electron chi connectivity index (χ0n) is 16.1. The van der Waals surface area contributed by atoms with Gasteiger partial charge in [0, 0.05) is 30.0 Å². The van der Waals surface area contributed by atoms with Crippen molar-refractivity contribution in [2.45, 2.75) is 30.6 Å². The van der Waals surface area contributed by atoms with Gasteiger partial charge in [0.1, 0.15) is 12.1 Å². The topological polar surface area (TPSA) is 75.8 Å². The van der Waals surface area contributed by atoms with Gasteiger partial charge in [-0.25, -0.2) is 9.97 Å². The van der Waals surface area contributed by atoms with Crippen LogP contribution in [-0.2, 0) is 18.2 Å². The van der Waals surface area contributed by atoms with Crippen LogP contribution in [0.25, 0.3) is 16.7 Å². The summed E-state index contributed by atoms with van der Waals surface area (Å²) in [7, 11) is 1.73. The van der Waals surface area contributed by atoms with Crippen LogP contribution in [0.2, 0.25) is 0 Å². The van der Waals surface area contributed by atoms with Gasteiger partial charge in [-0.15, -0.1) is 0 Å². The summed E-state index contributed by atoms with van der Waals surface area (Å²) in [6.45, 7) is 5.78. The fraction of sp³-hybridized carbons (Fsp3) is 0.190. The van der Waals surface area contributed by atoms with Crippen LogP contribution in [0.15, 0.2) is 63.6 Å². The van der Waals surface area contributed by atoms with E-state index in [9.17, 15) is 9.35 Å². The Hall–Kier alpha value is -2.90. The number of aromatic nitrogens is 4. The molecule has 0 fully saturated rings. The van der Waals surface area contributed by atoms with Gasteiger partial charge in [-0.3, -0.25) is 9.36 Å². The highest BCUT2D eigenvalue weighted by Gasteiger charge is 2.24. The molecule has 7 heteroatoms. The molecule has 0 aliphatic heterocycles. The van der Waals surface area contributed by atoms with Gasteiger partial charge in [0.05, 0.1) is 28.9 Å². The second kappa shape index (κ2) is 6.92. The third kappa shape index (κ3) is 3.02. The summed E-state index contributed by atoms with van der Waals surface area (Å²) in [6, 6.07) is 9.09. The number of hydrogen-bond acceptors (Lipinski definition) is 4. The molecule has 6 nitrogen and oxygen atoms in total. The Morgan fingerprint density at radius 3 is 2.50 bits per heavy atom. The van der Waals surface area contributed by atoms with Crippen molar-refractivity contribution in [1.82, 2.24) is 19.1 Å². The molecule has 0 N–H and O–H groups in total. The molecule has 0 saturated heterocycles. The van der Waals surface area contributed by atoms with E-state index >= 15 is 0 Å². The van der Waals surface area contributed by atoms with Crippen LogP contribution in [0, 0.1) is 20.8 Å². The largest absolute Gasteiger partial charge is 0.606 e. The second-order valence-corrected chi connectivity index (χ2v) is 8.29. The quantitative estimate of drug-likeness (QED) is 0.502. The average Bonchev–Trinajstić information content (AvgIpc) is 3.10. The van der Waals surface area contributed by atoms with Crippen molar-refractivity contribution in [2.24, 2.45) is 7.05 Å². The summed E-state index contributed by atoms with van der Waals surface area (Å²) in [4.78, 5) is 22.2. The summed E-state index contributed by atoms with van der Waals surface area (Å²) in [5, 5.41) is 0.844. The predicted molar refractivity (Wildman–Crippen MR) is 109 cm³/mol. The molecule has 0 aliphatic carbocycles. The molecule has 0 spiro atoms. The summed E-state index contributed by atoms with van der Waals surface area (Å²) in [5.74, 6) is 0.712. The number of pyridine rings is 2. The molecule has 3 heterocycles. The van der Waals surface area contributed by atoms with Crippen LogP contribution in [0.4, 0.5) is 0 Å². The zero-order valence-corrected chi connectivity index (χ0v) is 16.9. The van der Waals surface area contributed by atoms with Crippen molar-refractivity contribution in [3.05, 3.63) is 76.2 Å². The maximum Gasteiger partial charge on any atom is 0.255 e. The number of aryl methyl sites for hydroxylation is 4. The molecule has 4 aromatic rings. The van der Waals surface area contributed by atoms with Crippen LogP contribution in [-0.4, -0.2) is 23.7 Å². The van der Waals surface area contributed by atoms with Crippen LogP contribution < -0.4 is 5.56 Å².